The van der Waals surface area contributed by atoms with Crippen LogP contribution >= 0.6 is 0 Å². The van der Waals surface area contributed by atoms with Crippen LogP contribution in [0, 0.1) is 5.82 Å². The van der Waals surface area contributed by atoms with Crippen LogP contribution in [0.15, 0.2) is 121 Å². The molecule has 2 atom stereocenters. The van der Waals surface area contributed by atoms with Gasteiger partial charge in [0.1, 0.15) is 11.9 Å². The molecule has 5 rings (SSSR count). The van der Waals surface area contributed by atoms with Crippen molar-refractivity contribution in [3.8, 4) is 0 Å². The molecule has 1 aromatic heterocycles. The van der Waals surface area contributed by atoms with Gasteiger partial charge in [-0.2, -0.15) is 0 Å². The fourth-order valence-electron chi connectivity index (χ4n) is 5.82. The third-order valence-corrected chi connectivity index (χ3v) is 8.31. The van der Waals surface area contributed by atoms with E-state index in [0.29, 0.717) is 44.6 Å². The van der Waals surface area contributed by atoms with Crippen molar-refractivity contribution in [2.75, 3.05) is 6.54 Å². The minimum absolute atomic E-state index is 0.0216. The summed E-state index contributed by atoms with van der Waals surface area (Å²) in [6.07, 6.45) is 4.37. The van der Waals surface area contributed by atoms with Crippen molar-refractivity contribution in [2.45, 2.75) is 51.5 Å². The molecule has 6 N–H and O–H groups in total. The van der Waals surface area contributed by atoms with Gasteiger partial charge in [-0.1, -0.05) is 66.7 Å². The number of carbonyl (C=O) groups is 2. The summed E-state index contributed by atoms with van der Waals surface area (Å²) in [5.74, 6) is -0.938. The number of aliphatic imine (C=N–C) groups is 1. The van der Waals surface area contributed by atoms with Crippen LogP contribution in [0.4, 0.5) is 4.39 Å². The highest BCUT2D eigenvalue weighted by Crippen LogP contribution is 2.24. The maximum Gasteiger partial charge on any atom is 0.251 e. The van der Waals surface area contributed by atoms with Gasteiger partial charge in [-0.15, -0.1) is 0 Å². The molecule has 0 saturated carbocycles. The summed E-state index contributed by atoms with van der Waals surface area (Å²) < 4.78 is 13.5. The minimum atomic E-state index is -0.801. The summed E-state index contributed by atoms with van der Waals surface area (Å²) in [6.45, 7) is 4.15. The second kappa shape index (κ2) is 17.0. The maximum absolute atomic E-state index is 13.6. The maximum atomic E-state index is 13.6. The lowest BCUT2D eigenvalue weighted by Gasteiger charge is -2.23. The quantitative estimate of drug-likeness (QED) is 0.0655. The average Bonchev–Trinajstić information content (AvgIpc) is 3.10. The van der Waals surface area contributed by atoms with Crippen molar-refractivity contribution in [2.24, 2.45) is 16.5 Å². The van der Waals surface area contributed by atoms with E-state index in [1.54, 1.807) is 36.7 Å². The highest BCUT2D eigenvalue weighted by atomic mass is 19.1. The molecule has 5 aromatic rings. The van der Waals surface area contributed by atoms with Crippen LogP contribution in [-0.2, 0) is 24.4 Å². The number of hydrogen-bond donors (Lipinski definition) is 4. The topological polar surface area (TPSA) is 139 Å². The lowest BCUT2D eigenvalue weighted by Crippen LogP contribution is -2.47. The summed E-state index contributed by atoms with van der Waals surface area (Å²) in [4.78, 5) is 37.5. The first-order valence-electron chi connectivity index (χ1n) is 16.3. The van der Waals surface area contributed by atoms with E-state index in [-0.39, 0.29) is 29.6 Å². The number of pyridine rings is 1. The molecule has 1 heterocycles. The van der Waals surface area contributed by atoms with Gasteiger partial charge in [0.15, 0.2) is 5.96 Å². The third-order valence-electron chi connectivity index (χ3n) is 8.31. The Morgan fingerprint density at radius 3 is 2.08 bits per heavy atom. The van der Waals surface area contributed by atoms with Crippen molar-refractivity contribution < 1.29 is 14.0 Å². The zero-order chi connectivity index (χ0) is 34.6. The fourth-order valence-corrected chi connectivity index (χ4v) is 5.82. The smallest absolute Gasteiger partial charge is 0.251 e. The first-order chi connectivity index (χ1) is 23.7. The molecule has 0 unspecified atom stereocenters. The predicted octanol–water partition coefficient (Wildman–Crippen LogP) is 5.61. The number of nitrogens with one attached hydrogen (secondary N) is 2. The number of benzene rings is 4. The fraction of sp³-hybridized carbons (Fsp3) is 0.231. The standard InChI is InChI=1S/C39H42FN7O2/c1-27(34-9-4-7-31-6-2-3-8-35(31)34)45-38(49)36(10-5-21-44-39(41)42)46-37(48)32-15-11-28(12-16-32)24-47(26-30-19-22-43-23-20-30)25-29-13-17-33(40)18-14-29/h2-4,6-9,11-20,22-23,27,36H,5,10,21,24-26H2,1H3,(H,45,49)(H,46,48)(H4,41,42,44)/t27-,36+/m1/s1. The van der Waals surface area contributed by atoms with Crippen molar-refractivity contribution in [1.82, 2.24) is 20.5 Å². The molecule has 0 bridgehead atoms. The SMILES string of the molecule is C[C@@H](NC(=O)[C@H](CCCN=C(N)N)NC(=O)c1ccc(CN(Cc2ccncc2)Cc2ccc(F)cc2)cc1)c1cccc2ccccc12. The molecule has 0 spiro atoms. The van der Waals surface area contributed by atoms with Crippen LogP contribution in [0.1, 0.15) is 58.4 Å². The van der Waals surface area contributed by atoms with Gasteiger partial charge in [0.2, 0.25) is 5.91 Å². The highest BCUT2D eigenvalue weighted by Gasteiger charge is 2.24. The molecule has 2 amide bonds. The number of rotatable bonds is 15. The van der Waals surface area contributed by atoms with E-state index in [2.05, 4.69) is 25.5 Å². The zero-order valence-corrected chi connectivity index (χ0v) is 27.6. The summed E-state index contributed by atoms with van der Waals surface area (Å²) in [5, 5.41) is 8.18. The Hall–Kier alpha value is -5.61. The van der Waals surface area contributed by atoms with Gasteiger partial charge in [-0.05, 0) is 89.2 Å². The number of nitrogens with zero attached hydrogens (tertiary/aromatic N) is 3. The van der Waals surface area contributed by atoms with Gasteiger partial charge in [-0.3, -0.25) is 24.5 Å². The van der Waals surface area contributed by atoms with E-state index < -0.39 is 6.04 Å². The number of amides is 2. The van der Waals surface area contributed by atoms with Gasteiger partial charge in [0.05, 0.1) is 6.04 Å². The van der Waals surface area contributed by atoms with E-state index in [1.807, 2.05) is 73.7 Å². The monoisotopic (exact) mass is 659 g/mol. The Labute approximate surface area is 286 Å². The second-order valence-electron chi connectivity index (χ2n) is 12.1. The van der Waals surface area contributed by atoms with Crippen LogP contribution in [0.25, 0.3) is 10.8 Å². The van der Waals surface area contributed by atoms with Gasteiger partial charge < -0.3 is 22.1 Å². The summed E-state index contributed by atoms with van der Waals surface area (Å²) in [6, 6.07) is 30.7. The van der Waals surface area contributed by atoms with Crippen LogP contribution in [-0.4, -0.2) is 40.2 Å². The molecular weight excluding hydrogens is 617 g/mol. The third kappa shape index (κ3) is 10.2. The van der Waals surface area contributed by atoms with Crippen LogP contribution in [0.5, 0.6) is 0 Å². The molecule has 0 aliphatic rings. The van der Waals surface area contributed by atoms with Gasteiger partial charge in [-0.25, -0.2) is 4.39 Å². The van der Waals surface area contributed by atoms with Crippen molar-refractivity contribution in [3.05, 3.63) is 149 Å². The summed E-state index contributed by atoms with van der Waals surface area (Å²) >= 11 is 0. The number of fused-ring (bicyclic) bond motifs is 1. The lowest BCUT2D eigenvalue weighted by molar-refractivity contribution is -0.123. The number of guanidine groups is 1. The zero-order valence-electron chi connectivity index (χ0n) is 27.6. The minimum Gasteiger partial charge on any atom is -0.370 e. The number of hydrogen-bond acceptors (Lipinski definition) is 5. The van der Waals surface area contributed by atoms with Crippen LogP contribution in [0.2, 0.25) is 0 Å². The molecule has 0 radical (unpaired) electrons. The molecule has 0 aliphatic carbocycles. The largest absolute Gasteiger partial charge is 0.370 e. The van der Waals surface area contributed by atoms with Crippen LogP contribution < -0.4 is 22.1 Å². The number of carbonyl (C=O) groups excluding carboxylic acids is 2. The molecular formula is C39H42FN7O2. The predicted molar refractivity (Wildman–Crippen MR) is 192 cm³/mol. The number of aromatic nitrogens is 1. The Kier molecular flexibility index (Phi) is 12.0. The van der Waals surface area contributed by atoms with E-state index >= 15 is 0 Å². The summed E-state index contributed by atoms with van der Waals surface area (Å²) in [5.41, 5.74) is 15.5. The first kappa shape index (κ1) is 34.7. The average molecular weight is 660 g/mol. The molecule has 4 aromatic carbocycles. The van der Waals surface area contributed by atoms with Gasteiger partial charge in [0.25, 0.3) is 5.91 Å². The normalized spacial score (nSPS) is 12.3. The van der Waals surface area contributed by atoms with Crippen LogP contribution in [0.3, 0.4) is 0 Å². The van der Waals surface area contributed by atoms with Crippen molar-refractivity contribution >= 4 is 28.5 Å². The van der Waals surface area contributed by atoms with E-state index in [0.717, 1.165) is 33.0 Å². The van der Waals surface area contributed by atoms with Crippen molar-refractivity contribution in [3.63, 3.8) is 0 Å². The summed E-state index contributed by atoms with van der Waals surface area (Å²) in [7, 11) is 0. The van der Waals surface area contributed by atoms with E-state index in [4.69, 9.17) is 11.5 Å². The molecule has 0 fully saturated rings. The van der Waals surface area contributed by atoms with E-state index in [9.17, 15) is 14.0 Å². The molecule has 9 nitrogen and oxygen atoms in total. The second-order valence-corrected chi connectivity index (χ2v) is 12.1. The lowest BCUT2D eigenvalue weighted by atomic mass is 9.99. The van der Waals surface area contributed by atoms with Gasteiger partial charge >= 0.3 is 0 Å². The Morgan fingerprint density at radius 1 is 0.796 bits per heavy atom. The molecule has 0 saturated heterocycles. The highest BCUT2D eigenvalue weighted by molar-refractivity contribution is 5.97. The Bertz CT molecular complexity index is 1860. The molecule has 252 valence electrons. The molecule has 49 heavy (non-hydrogen) atoms. The molecule has 0 aliphatic heterocycles. The number of nitrogens with two attached hydrogens (primary N) is 2. The van der Waals surface area contributed by atoms with E-state index in [1.165, 1.54) is 12.1 Å². The van der Waals surface area contributed by atoms with Gasteiger partial charge in [0, 0.05) is 44.1 Å². The molecule has 10 heteroatoms. The Balaban J connectivity index is 1.27. The first-order valence-corrected chi connectivity index (χ1v) is 16.3. The van der Waals surface area contributed by atoms with Crippen molar-refractivity contribution in [1.29, 1.82) is 0 Å². The Morgan fingerprint density at radius 2 is 1.41 bits per heavy atom. The number of halogens is 1.